The first kappa shape index (κ1) is 85.2. The summed E-state index contributed by atoms with van der Waals surface area (Å²) in [7, 11) is 5.94. The molecule has 0 aromatic heterocycles. The third kappa shape index (κ3) is 71.5. The summed E-state index contributed by atoms with van der Waals surface area (Å²) in [6.07, 6.45) is 93.6. The van der Waals surface area contributed by atoms with E-state index in [4.69, 9.17) is 18.9 Å². The second kappa shape index (κ2) is 70.1. The normalized spacial score (nSPS) is 13.2. The lowest BCUT2D eigenvalue weighted by Gasteiger charge is -2.26. The minimum atomic E-state index is -1.62. The van der Waals surface area contributed by atoms with Gasteiger partial charge in [0.05, 0.1) is 40.3 Å². The molecule has 0 saturated carbocycles. The van der Waals surface area contributed by atoms with Crippen LogP contribution in [0, 0.1) is 0 Å². The van der Waals surface area contributed by atoms with Crippen LogP contribution in [0.2, 0.25) is 0 Å². The number of quaternary nitrogens is 1. The minimum absolute atomic E-state index is 0.146. The van der Waals surface area contributed by atoms with Crippen LogP contribution < -0.4 is 5.11 Å². The zero-order valence-corrected chi connectivity index (χ0v) is 58.8. The average molecular weight is 1250 g/mol. The van der Waals surface area contributed by atoms with Crippen molar-refractivity contribution < 1.29 is 42.9 Å². The van der Waals surface area contributed by atoms with E-state index in [1.165, 1.54) is 225 Å². The topological polar surface area (TPSA) is 111 Å². The van der Waals surface area contributed by atoms with Crippen molar-refractivity contribution in [3.8, 4) is 0 Å². The molecule has 0 aromatic carbocycles. The molecule has 0 heterocycles. The molecule has 0 aliphatic rings. The number of ether oxygens (including phenoxy) is 4. The van der Waals surface area contributed by atoms with Crippen LogP contribution >= 0.6 is 0 Å². The Bertz CT molecular complexity index is 1790. The molecule has 0 bridgehead atoms. The molecule has 0 radical (unpaired) electrons. The van der Waals surface area contributed by atoms with Crippen molar-refractivity contribution in [1.29, 1.82) is 0 Å². The number of unbranched alkanes of at least 4 members (excludes halogenated alkanes) is 38. The Hall–Kier alpha value is -3.79. The number of carbonyl (C=O) groups excluding carboxylic acids is 3. The van der Waals surface area contributed by atoms with E-state index < -0.39 is 24.3 Å². The summed E-state index contributed by atoms with van der Waals surface area (Å²) < 4.78 is 22.8. The molecule has 9 nitrogen and oxygen atoms in total. The SMILES string of the molecule is CC/C=C\C/C=C\C/C=C\C/C=C\C/C=C\CCCCCCCCCCCCCCCCCCCCCC(=O)OC(COC(=O)CCCCCCCCCCCCCCCC/C=C\C/C=C\C/C=C\CCCCCCC)COC(OCC[N+](C)(C)C)C(=O)[O-]. The monoisotopic (exact) mass is 1240 g/mol. The van der Waals surface area contributed by atoms with Gasteiger partial charge in [0.1, 0.15) is 13.2 Å². The van der Waals surface area contributed by atoms with Crippen molar-refractivity contribution in [3.05, 3.63) is 97.2 Å². The fraction of sp³-hybridized carbons (Fsp3) is 0.762. The standard InChI is InChI=1S/C80H141NO8/c1-6-8-10-12-14-16-18-20-22-24-26-28-30-32-34-36-37-38-39-40-41-43-45-47-49-51-53-55-57-59-61-63-65-67-69-71-78(83)89-76(75-88-80(79(84)85)86-73-72-81(3,4)5)74-87-77(82)70-68-66-64-62-60-58-56-54-52-50-48-46-44-42-35-33-31-29-27-25-23-21-19-17-15-13-11-9-7-2/h8,10,14,16,19-22,25-28,31-34,76,80H,6-7,9,11-13,15,17-18,23-24,29-30,35-75H2,1-5H3/b10-8-,16-14-,21-19-,22-20-,27-25-,28-26-,33-31-,34-32-. The van der Waals surface area contributed by atoms with E-state index in [0.29, 0.717) is 23.9 Å². The second-order valence-electron chi connectivity index (χ2n) is 26.2. The van der Waals surface area contributed by atoms with Crippen LogP contribution in [0.3, 0.4) is 0 Å². The number of hydrogen-bond acceptors (Lipinski definition) is 8. The summed E-state index contributed by atoms with van der Waals surface area (Å²) in [5, 5.41) is 11.8. The fourth-order valence-corrected chi connectivity index (χ4v) is 10.6. The van der Waals surface area contributed by atoms with Crippen LogP contribution in [0.5, 0.6) is 0 Å². The molecular weight excluding hydrogens is 1100 g/mol. The molecule has 2 unspecified atom stereocenters. The van der Waals surface area contributed by atoms with Crippen LogP contribution in [-0.2, 0) is 33.3 Å². The average Bonchev–Trinajstić information content (AvgIpc) is 3.64. The van der Waals surface area contributed by atoms with Gasteiger partial charge >= 0.3 is 11.9 Å². The summed E-state index contributed by atoms with van der Waals surface area (Å²) in [4.78, 5) is 37.6. The Morgan fingerprint density at radius 3 is 0.955 bits per heavy atom. The summed E-state index contributed by atoms with van der Waals surface area (Å²) in [5.74, 6) is -2.27. The Morgan fingerprint density at radius 1 is 0.348 bits per heavy atom. The molecule has 0 aromatic rings. The van der Waals surface area contributed by atoms with Crippen LogP contribution in [0.4, 0.5) is 0 Å². The Kier molecular flexibility index (Phi) is 67.1. The highest BCUT2D eigenvalue weighted by molar-refractivity contribution is 5.70. The highest BCUT2D eigenvalue weighted by Crippen LogP contribution is 2.18. The van der Waals surface area contributed by atoms with Gasteiger partial charge in [-0.05, 0) is 96.3 Å². The summed E-state index contributed by atoms with van der Waals surface area (Å²) in [6.45, 7) is 4.66. The molecule has 0 aliphatic heterocycles. The largest absolute Gasteiger partial charge is 0.545 e. The molecule has 9 heteroatoms. The van der Waals surface area contributed by atoms with Crippen molar-refractivity contribution in [2.24, 2.45) is 0 Å². The van der Waals surface area contributed by atoms with Gasteiger partial charge in [0, 0.05) is 12.8 Å². The van der Waals surface area contributed by atoms with Crippen LogP contribution in [0.25, 0.3) is 0 Å². The third-order valence-corrected chi connectivity index (χ3v) is 16.3. The van der Waals surface area contributed by atoms with Gasteiger partial charge in [-0.1, -0.05) is 323 Å². The number of carbonyl (C=O) groups is 3. The molecule has 0 aliphatic carbocycles. The van der Waals surface area contributed by atoms with E-state index in [1.54, 1.807) is 0 Å². The van der Waals surface area contributed by atoms with Gasteiger partial charge in [0.25, 0.3) is 0 Å². The molecule has 0 amide bonds. The van der Waals surface area contributed by atoms with Crippen molar-refractivity contribution in [3.63, 3.8) is 0 Å². The molecule has 89 heavy (non-hydrogen) atoms. The summed E-state index contributed by atoms with van der Waals surface area (Å²) >= 11 is 0. The number of rotatable bonds is 69. The number of esters is 2. The van der Waals surface area contributed by atoms with Crippen LogP contribution in [0.1, 0.15) is 335 Å². The Balaban J connectivity index is 4.06. The van der Waals surface area contributed by atoms with Gasteiger partial charge in [0.2, 0.25) is 0 Å². The van der Waals surface area contributed by atoms with Gasteiger partial charge in [-0.25, -0.2) is 0 Å². The maximum Gasteiger partial charge on any atom is 0.306 e. The second-order valence-corrected chi connectivity index (χ2v) is 26.2. The number of aliphatic carboxylic acids is 1. The van der Waals surface area contributed by atoms with Crippen molar-refractivity contribution in [2.45, 2.75) is 347 Å². The number of hydrogen-bond donors (Lipinski definition) is 0. The first-order valence-electron chi connectivity index (χ1n) is 37.4. The van der Waals surface area contributed by atoms with Crippen molar-refractivity contribution in [1.82, 2.24) is 0 Å². The van der Waals surface area contributed by atoms with Gasteiger partial charge in [-0.3, -0.25) is 9.59 Å². The lowest BCUT2D eigenvalue weighted by atomic mass is 10.0. The summed E-state index contributed by atoms with van der Waals surface area (Å²) in [5.41, 5.74) is 0. The van der Waals surface area contributed by atoms with E-state index in [-0.39, 0.29) is 32.2 Å². The molecular formula is C80H141NO8. The number of nitrogens with zero attached hydrogens (tertiary/aromatic N) is 1. The first-order chi connectivity index (χ1) is 43.6. The van der Waals surface area contributed by atoms with Gasteiger partial charge < -0.3 is 33.3 Å². The van der Waals surface area contributed by atoms with Gasteiger partial charge in [0.15, 0.2) is 12.4 Å². The molecule has 514 valence electrons. The maximum absolute atomic E-state index is 13.0. The first-order valence-corrected chi connectivity index (χ1v) is 37.4. The number of carboxylic acids is 1. The molecule has 2 atom stereocenters. The molecule has 0 rings (SSSR count). The predicted octanol–water partition coefficient (Wildman–Crippen LogP) is 22.3. The number of allylic oxidation sites excluding steroid dienone is 16. The third-order valence-electron chi connectivity index (χ3n) is 16.3. The quantitative estimate of drug-likeness (QED) is 0.0195. The van der Waals surface area contributed by atoms with Crippen LogP contribution in [-0.4, -0.2) is 82.3 Å². The smallest absolute Gasteiger partial charge is 0.306 e. The maximum atomic E-state index is 13.0. The fourth-order valence-electron chi connectivity index (χ4n) is 10.6. The van der Waals surface area contributed by atoms with Gasteiger partial charge in [-0.15, -0.1) is 0 Å². The van der Waals surface area contributed by atoms with E-state index in [1.807, 2.05) is 21.1 Å². The highest BCUT2D eigenvalue weighted by atomic mass is 16.7. The van der Waals surface area contributed by atoms with Gasteiger partial charge in [-0.2, -0.15) is 0 Å². The van der Waals surface area contributed by atoms with Crippen LogP contribution in [0.15, 0.2) is 97.2 Å². The highest BCUT2D eigenvalue weighted by Gasteiger charge is 2.22. The summed E-state index contributed by atoms with van der Waals surface area (Å²) in [6, 6.07) is 0. The number of carboxylic acid groups (broad SMARTS) is 1. The van der Waals surface area contributed by atoms with E-state index in [9.17, 15) is 19.5 Å². The van der Waals surface area contributed by atoms with Crippen molar-refractivity contribution in [2.75, 3.05) is 47.5 Å². The van der Waals surface area contributed by atoms with E-state index >= 15 is 0 Å². The Morgan fingerprint density at radius 2 is 0.640 bits per heavy atom. The van der Waals surface area contributed by atoms with Crippen molar-refractivity contribution >= 4 is 17.9 Å². The molecule has 0 spiro atoms. The predicted molar refractivity (Wildman–Crippen MR) is 380 cm³/mol. The number of likely N-dealkylation sites (N-methyl/N-ethyl adjacent to an activating group) is 1. The lowest BCUT2D eigenvalue weighted by Crippen LogP contribution is -2.44. The lowest BCUT2D eigenvalue weighted by molar-refractivity contribution is -0.870. The zero-order chi connectivity index (χ0) is 64.7. The molecule has 0 N–H and O–H groups in total. The Labute approximate surface area is 550 Å². The zero-order valence-electron chi connectivity index (χ0n) is 58.8. The molecule has 0 saturated heterocycles. The van der Waals surface area contributed by atoms with E-state index in [0.717, 1.165) is 77.0 Å². The van der Waals surface area contributed by atoms with E-state index in [2.05, 4.69) is 111 Å². The molecule has 0 fully saturated rings. The minimum Gasteiger partial charge on any atom is -0.545 e.